The first-order chi connectivity index (χ1) is 8.39. The van der Waals surface area contributed by atoms with Crippen LogP contribution in [0.3, 0.4) is 0 Å². The zero-order chi connectivity index (χ0) is 13.3. The number of rotatable bonds is 3. The maximum atomic E-state index is 13.2. The second-order valence-electron chi connectivity index (χ2n) is 5.42. The molecule has 0 radical (unpaired) electrons. The highest BCUT2D eigenvalue weighted by atomic mass is 19.1. The highest BCUT2D eigenvalue weighted by Gasteiger charge is 2.35. The monoisotopic (exact) mass is 252 g/mol. The Morgan fingerprint density at radius 3 is 2.89 bits per heavy atom. The molecule has 98 valence electrons. The summed E-state index contributed by atoms with van der Waals surface area (Å²) >= 11 is 0. The van der Waals surface area contributed by atoms with E-state index in [1.807, 2.05) is 0 Å². The molecule has 1 aliphatic rings. The molecule has 2 atom stereocenters. The van der Waals surface area contributed by atoms with E-state index in [2.05, 4.69) is 6.92 Å². The summed E-state index contributed by atoms with van der Waals surface area (Å²) in [6.45, 7) is 2.12. The molecule has 5 heteroatoms. The van der Waals surface area contributed by atoms with Crippen LogP contribution in [0.4, 0.5) is 10.1 Å². The smallest absolute Gasteiger partial charge is 0.272 e. The van der Waals surface area contributed by atoms with Crippen LogP contribution < -0.4 is 5.73 Å². The molecule has 1 aromatic carbocycles. The van der Waals surface area contributed by atoms with Gasteiger partial charge in [0.2, 0.25) is 0 Å². The van der Waals surface area contributed by atoms with E-state index in [4.69, 9.17) is 5.73 Å². The van der Waals surface area contributed by atoms with Crippen molar-refractivity contribution in [2.75, 3.05) is 0 Å². The Labute approximate surface area is 105 Å². The van der Waals surface area contributed by atoms with E-state index >= 15 is 0 Å². The van der Waals surface area contributed by atoms with Gasteiger partial charge in [-0.25, -0.2) is 4.39 Å². The van der Waals surface area contributed by atoms with Crippen molar-refractivity contribution in [1.82, 2.24) is 0 Å². The summed E-state index contributed by atoms with van der Waals surface area (Å²) in [4.78, 5) is 10.4. The SMILES string of the molecule is CC1CCC(N)(Cc2cc(F)ccc2[N+](=O)[O-])C1. The fraction of sp³-hybridized carbons (Fsp3) is 0.538. The minimum absolute atomic E-state index is 0.0409. The van der Waals surface area contributed by atoms with Crippen molar-refractivity contribution >= 4 is 5.69 Å². The quantitative estimate of drug-likeness (QED) is 0.664. The number of hydrogen-bond acceptors (Lipinski definition) is 3. The molecule has 0 saturated heterocycles. The van der Waals surface area contributed by atoms with Gasteiger partial charge in [-0.2, -0.15) is 0 Å². The van der Waals surface area contributed by atoms with Crippen molar-refractivity contribution in [2.24, 2.45) is 11.7 Å². The summed E-state index contributed by atoms with van der Waals surface area (Å²) in [6, 6.07) is 3.56. The first-order valence-corrected chi connectivity index (χ1v) is 6.11. The third-order valence-corrected chi connectivity index (χ3v) is 3.67. The van der Waals surface area contributed by atoms with Crippen molar-refractivity contribution in [3.05, 3.63) is 39.7 Å². The van der Waals surface area contributed by atoms with Gasteiger partial charge in [0.1, 0.15) is 5.82 Å². The van der Waals surface area contributed by atoms with E-state index in [0.29, 0.717) is 17.9 Å². The van der Waals surface area contributed by atoms with Crippen LogP contribution in [0.25, 0.3) is 0 Å². The summed E-state index contributed by atoms with van der Waals surface area (Å²) in [6.07, 6.45) is 3.06. The van der Waals surface area contributed by atoms with Gasteiger partial charge in [0.05, 0.1) is 4.92 Å². The molecular weight excluding hydrogens is 235 g/mol. The van der Waals surface area contributed by atoms with Crippen LogP contribution in [-0.4, -0.2) is 10.5 Å². The minimum Gasteiger partial charge on any atom is -0.325 e. The largest absolute Gasteiger partial charge is 0.325 e. The van der Waals surface area contributed by atoms with Gasteiger partial charge in [-0.05, 0) is 43.7 Å². The van der Waals surface area contributed by atoms with Crippen LogP contribution in [0.15, 0.2) is 18.2 Å². The maximum absolute atomic E-state index is 13.2. The van der Waals surface area contributed by atoms with Gasteiger partial charge in [0.25, 0.3) is 5.69 Å². The number of hydrogen-bond donors (Lipinski definition) is 1. The van der Waals surface area contributed by atoms with Gasteiger partial charge in [-0.3, -0.25) is 10.1 Å². The highest BCUT2D eigenvalue weighted by molar-refractivity contribution is 5.41. The number of benzene rings is 1. The highest BCUT2D eigenvalue weighted by Crippen LogP contribution is 2.36. The first-order valence-electron chi connectivity index (χ1n) is 6.11. The zero-order valence-corrected chi connectivity index (χ0v) is 10.4. The van der Waals surface area contributed by atoms with Crippen LogP contribution in [0.2, 0.25) is 0 Å². The molecule has 0 spiro atoms. The van der Waals surface area contributed by atoms with E-state index in [-0.39, 0.29) is 5.69 Å². The lowest BCUT2D eigenvalue weighted by atomic mass is 9.89. The summed E-state index contributed by atoms with van der Waals surface area (Å²) < 4.78 is 13.2. The lowest BCUT2D eigenvalue weighted by Gasteiger charge is -2.23. The molecule has 2 rings (SSSR count). The van der Waals surface area contributed by atoms with Crippen LogP contribution in [0, 0.1) is 21.8 Å². The fourth-order valence-corrected chi connectivity index (χ4v) is 2.85. The topological polar surface area (TPSA) is 69.2 Å². The van der Waals surface area contributed by atoms with Gasteiger partial charge in [0, 0.05) is 17.2 Å². The number of nitrogens with two attached hydrogens (primary N) is 1. The van der Waals surface area contributed by atoms with E-state index in [1.165, 1.54) is 12.1 Å². The van der Waals surface area contributed by atoms with Gasteiger partial charge in [-0.1, -0.05) is 6.92 Å². The van der Waals surface area contributed by atoms with Crippen molar-refractivity contribution in [2.45, 2.75) is 38.1 Å². The van der Waals surface area contributed by atoms with Gasteiger partial charge >= 0.3 is 0 Å². The lowest BCUT2D eigenvalue weighted by molar-refractivity contribution is -0.385. The number of nitrogens with zero attached hydrogens (tertiary/aromatic N) is 1. The Kier molecular flexibility index (Phi) is 3.34. The zero-order valence-electron chi connectivity index (χ0n) is 10.4. The molecule has 4 nitrogen and oxygen atoms in total. The Bertz CT molecular complexity index is 478. The number of nitro groups is 1. The summed E-state index contributed by atoms with van der Waals surface area (Å²) in [5.41, 5.74) is 6.18. The van der Waals surface area contributed by atoms with E-state index in [0.717, 1.165) is 25.3 Å². The summed E-state index contributed by atoms with van der Waals surface area (Å²) in [5, 5.41) is 10.9. The second kappa shape index (κ2) is 4.65. The number of halogens is 1. The molecule has 0 heterocycles. The molecule has 0 bridgehead atoms. The fourth-order valence-electron chi connectivity index (χ4n) is 2.85. The normalized spacial score (nSPS) is 27.4. The molecule has 1 aromatic rings. The number of nitro benzene ring substituents is 1. The van der Waals surface area contributed by atoms with Crippen LogP contribution >= 0.6 is 0 Å². The molecular formula is C13H17FN2O2. The van der Waals surface area contributed by atoms with Gasteiger partial charge in [-0.15, -0.1) is 0 Å². The molecule has 1 fully saturated rings. The van der Waals surface area contributed by atoms with Crippen molar-refractivity contribution in [1.29, 1.82) is 0 Å². The predicted octanol–water partition coefficient (Wildman–Crippen LogP) is 2.79. The molecule has 1 aliphatic carbocycles. The van der Waals surface area contributed by atoms with Crippen LogP contribution in [0.5, 0.6) is 0 Å². The van der Waals surface area contributed by atoms with E-state index in [9.17, 15) is 14.5 Å². The molecule has 1 saturated carbocycles. The Morgan fingerprint density at radius 2 is 2.33 bits per heavy atom. The average molecular weight is 252 g/mol. The van der Waals surface area contributed by atoms with E-state index < -0.39 is 16.3 Å². The molecule has 18 heavy (non-hydrogen) atoms. The molecule has 2 unspecified atom stereocenters. The predicted molar refractivity (Wildman–Crippen MR) is 66.7 cm³/mol. The van der Waals surface area contributed by atoms with Crippen molar-refractivity contribution < 1.29 is 9.31 Å². The third-order valence-electron chi connectivity index (χ3n) is 3.67. The Balaban J connectivity index is 2.28. The molecule has 2 N–H and O–H groups in total. The summed E-state index contributed by atoms with van der Waals surface area (Å²) in [7, 11) is 0. The Morgan fingerprint density at radius 1 is 1.61 bits per heavy atom. The van der Waals surface area contributed by atoms with E-state index in [1.54, 1.807) is 0 Å². The molecule has 0 aliphatic heterocycles. The van der Waals surface area contributed by atoms with Gasteiger partial charge in [0.15, 0.2) is 0 Å². The van der Waals surface area contributed by atoms with Crippen molar-refractivity contribution in [3.8, 4) is 0 Å². The second-order valence-corrected chi connectivity index (χ2v) is 5.42. The maximum Gasteiger partial charge on any atom is 0.272 e. The van der Waals surface area contributed by atoms with Crippen LogP contribution in [0.1, 0.15) is 31.7 Å². The summed E-state index contributed by atoms with van der Waals surface area (Å²) in [5.74, 6) is 0.0767. The molecule has 0 aromatic heterocycles. The average Bonchev–Trinajstić information content (AvgIpc) is 2.57. The molecule has 0 amide bonds. The lowest BCUT2D eigenvalue weighted by Crippen LogP contribution is -2.39. The Hall–Kier alpha value is -1.49. The van der Waals surface area contributed by atoms with Gasteiger partial charge < -0.3 is 5.73 Å². The minimum atomic E-state index is -0.476. The van der Waals surface area contributed by atoms with Crippen LogP contribution in [-0.2, 0) is 6.42 Å². The first kappa shape index (κ1) is 13.0. The standard InChI is InChI=1S/C13H17FN2O2/c1-9-4-5-13(15,7-9)8-10-6-11(14)2-3-12(10)16(17)18/h2-3,6,9H,4-5,7-8,15H2,1H3. The van der Waals surface area contributed by atoms with Crippen molar-refractivity contribution in [3.63, 3.8) is 0 Å². The third kappa shape index (κ3) is 2.67.